The Morgan fingerprint density at radius 2 is 1.93 bits per heavy atom. The number of aromatic nitrogens is 2. The second-order valence-corrected chi connectivity index (χ2v) is 8.60. The summed E-state index contributed by atoms with van der Waals surface area (Å²) in [5.74, 6) is 2.15. The van der Waals surface area contributed by atoms with Crippen molar-refractivity contribution in [3.63, 3.8) is 0 Å². The number of methoxy groups -OCH3 is 1. The van der Waals surface area contributed by atoms with Crippen LogP contribution in [0.15, 0.2) is 59.8 Å². The van der Waals surface area contributed by atoms with Crippen LogP contribution in [0.3, 0.4) is 0 Å². The van der Waals surface area contributed by atoms with Crippen molar-refractivity contribution in [1.29, 1.82) is 0 Å². The molecule has 0 saturated carbocycles. The van der Waals surface area contributed by atoms with E-state index in [2.05, 4.69) is 9.71 Å². The summed E-state index contributed by atoms with van der Waals surface area (Å²) in [6.07, 6.45) is 4.14. The summed E-state index contributed by atoms with van der Waals surface area (Å²) in [6, 6.07) is 11.1. The van der Waals surface area contributed by atoms with Crippen LogP contribution in [0.4, 0.5) is 0 Å². The molecular formula is C21H23N3O5S. The maximum Gasteiger partial charge on any atom is 0.241 e. The normalized spacial score (nSPS) is 14.7. The number of imidazole rings is 1. The van der Waals surface area contributed by atoms with Crippen LogP contribution in [0.2, 0.25) is 0 Å². The summed E-state index contributed by atoms with van der Waals surface area (Å²) in [5.41, 5.74) is 0.710. The van der Waals surface area contributed by atoms with Crippen molar-refractivity contribution in [2.45, 2.75) is 17.4 Å². The Kier molecular flexibility index (Phi) is 5.65. The lowest BCUT2D eigenvalue weighted by Gasteiger charge is -2.20. The molecular weight excluding hydrogens is 406 g/mol. The number of ether oxygens (including phenoxy) is 3. The monoisotopic (exact) mass is 429 g/mol. The van der Waals surface area contributed by atoms with E-state index in [1.165, 1.54) is 12.1 Å². The first-order valence-electron chi connectivity index (χ1n) is 9.51. The van der Waals surface area contributed by atoms with Gasteiger partial charge in [0.25, 0.3) is 0 Å². The van der Waals surface area contributed by atoms with Gasteiger partial charge in [-0.15, -0.1) is 0 Å². The van der Waals surface area contributed by atoms with Crippen molar-refractivity contribution in [3.05, 3.63) is 66.2 Å². The number of fused-ring (bicyclic) bond motifs is 1. The average molecular weight is 429 g/mol. The summed E-state index contributed by atoms with van der Waals surface area (Å²) >= 11 is 0. The highest BCUT2D eigenvalue weighted by molar-refractivity contribution is 7.89. The van der Waals surface area contributed by atoms with Gasteiger partial charge in [-0.1, -0.05) is 12.1 Å². The molecule has 0 spiro atoms. The second-order valence-electron chi connectivity index (χ2n) is 6.89. The van der Waals surface area contributed by atoms with Gasteiger partial charge in [0.15, 0.2) is 11.5 Å². The number of hydrogen-bond donors (Lipinski definition) is 1. The van der Waals surface area contributed by atoms with Gasteiger partial charge in [0.05, 0.1) is 25.2 Å². The minimum Gasteiger partial charge on any atom is -0.497 e. The minimum absolute atomic E-state index is 0.0915. The number of nitrogens with zero attached hydrogens (tertiary/aromatic N) is 2. The summed E-state index contributed by atoms with van der Waals surface area (Å²) in [6.45, 7) is 1.01. The number of aryl methyl sites for hydroxylation is 1. The number of benzene rings is 2. The highest BCUT2D eigenvalue weighted by Crippen LogP contribution is 2.33. The fraction of sp³-hybridized carbons (Fsp3) is 0.286. The lowest BCUT2D eigenvalue weighted by molar-refractivity contribution is 0.297. The Morgan fingerprint density at radius 3 is 2.67 bits per heavy atom. The Labute approximate surface area is 175 Å². The molecule has 2 aromatic carbocycles. The molecule has 1 atom stereocenters. The van der Waals surface area contributed by atoms with E-state index in [9.17, 15) is 8.42 Å². The van der Waals surface area contributed by atoms with Crippen molar-refractivity contribution in [1.82, 2.24) is 14.3 Å². The van der Waals surface area contributed by atoms with Crippen molar-refractivity contribution in [3.8, 4) is 17.2 Å². The van der Waals surface area contributed by atoms with Gasteiger partial charge in [-0.05, 0) is 29.8 Å². The molecule has 0 amide bonds. The van der Waals surface area contributed by atoms with Crippen LogP contribution in [0, 0.1) is 0 Å². The predicted octanol–water partition coefficient (Wildman–Crippen LogP) is 2.66. The van der Waals surface area contributed by atoms with E-state index in [0.717, 1.165) is 6.42 Å². The van der Waals surface area contributed by atoms with E-state index in [1.807, 2.05) is 19.2 Å². The summed E-state index contributed by atoms with van der Waals surface area (Å²) in [7, 11) is -0.512. The quantitative estimate of drug-likeness (QED) is 0.648. The molecule has 30 heavy (non-hydrogen) atoms. The number of rotatable bonds is 6. The molecule has 8 nitrogen and oxygen atoms in total. The zero-order valence-electron chi connectivity index (χ0n) is 16.7. The molecule has 9 heteroatoms. The lowest BCUT2D eigenvalue weighted by atomic mass is 10.1. The Balaban J connectivity index is 1.72. The molecule has 1 N–H and O–H groups in total. The van der Waals surface area contributed by atoms with E-state index in [0.29, 0.717) is 41.9 Å². The van der Waals surface area contributed by atoms with Gasteiger partial charge in [0.2, 0.25) is 10.0 Å². The maximum atomic E-state index is 13.3. The molecule has 0 bridgehead atoms. The van der Waals surface area contributed by atoms with Gasteiger partial charge in [-0.25, -0.2) is 13.4 Å². The van der Waals surface area contributed by atoms with Gasteiger partial charge in [0, 0.05) is 31.9 Å². The molecule has 1 aliphatic heterocycles. The van der Waals surface area contributed by atoms with E-state index in [4.69, 9.17) is 14.2 Å². The molecule has 158 valence electrons. The van der Waals surface area contributed by atoms with Crippen molar-refractivity contribution < 1.29 is 22.6 Å². The van der Waals surface area contributed by atoms with Crippen LogP contribution in [-0.4, -0.2) is 38.3 Å². The lowest BCUT2D eigenvalue weighted by Crippen LogP contribution is -2.31. The van der Waals surface area contributed by atoms with E-state index in [-0.39, 0.29) is 4.90 Å². The molecule has 0 fully saturated rings. The second kappa shape index (κ2) is 8.37. The van der Waals surface area contributed by atoms with Gasteiger partial charge in [-0.2, -0.15) is 4.72 Å². The molecule has 0 saturated heterocycles. The van der Waals surface area contributed by atoms with Crippen LogP contribution in [0.25, 0.3) is 0 Å². The predicted molar refractivity (Wildman–Crippen MR) is 110 cm³/mol. The van der Waals surface area contributed by atoms with Crippen LogP contribution in [-0.2, 0) is 17.1 Å². The van der Waals surface area contributed by atoms with Crippen LogP contribution in [0.5, 0.6) is 17.2 Å². The fourth-order valence-corrected chi connectivity index (χ4v) is 4.48. The van der Waals surface area contributed by atoms with Gasteiger partial charge >= 0.3 is 0 Å². The smallest absolute Gasteiger partial charge is 0.241 e. The third kappa shape index (κ3) is 4.12. The fourth-order valence-electron chi connectivity index (χ4n) is 3.28. The first kappa shape index (κ1) is 20.2. The van der Waals surface area contributed by atoms with Crippen molar-refractivity contribution in [2.24, 2.45) is 7.05 Å². The van der Waals surface area contributed by atoms with E-state index in [1.54, 1.807) is 42.3 Å². The van der Waals surface area contributed by atoms with Gasteiger partial charge in [-0.3, -0.25) is 0 Å². The first-order chi connectivity index (χ1) is 14.5. The van der Waals surface area contributed by atoms with Gasteiger partial charge in [0.1, 0.15) is 17.6 Å². The third-order valence-electron chi connectivity index (χ3n) is 4.85. The number of hydrogen-bond acceptors (Lipinski definition) is 6. The highest BCUT2D eigenvalue weighted by atomic mass is 32.2. The van der Waals surface area contributed by atoms with Gasteiger partial charge < -0.3 is 18.8 Å². The SMILES string of the molecule is COc1cccc([C@@H](NS(=O)(=O)c2ccc3c(c2)OCCCO3)c2nccn2C)c1. The summed E-state index contributed by atoms with van der Waals surface area (Å²) in [4.78, 5) is 4.45. The standard InChI is InChI=1S/C21H23N3O5S/c1-24-10-9-22-21(24)20(15-5-3-6-16(13-15)27-2)23-30(25,26)17-7-8-18-19(14-17)29-12-4-11-28-18/h3,5-10,13-14,20,23H,4,11-12H2,1-2H3/t20-/m1/s1. The molecule has 1 aromatic heterocycles. The molecule has 2 heterocycles. The number of sulfonamides is 1. The highest BCUT2D eigenvalue weighted by Gasteiger charge is 2.27. The maximum absolute atomic E-state index is 13.3. The Hall–Kier alpha value is -3.04. The van der Waals surface area contributed by atoms with Crippen LogP contribution >= 0.6 is 0 Å². The van der Waals surface area contributed by atoms with E-state index >= 15 is 0 Å². The van der Waals surface area contributed by atoms with Crippen LogP contribution in [0.1, 0.15) is 23.9 Å². The van der Waals surface area contributed by atoms with E-state index < -0.39 is 16.1 Å². The third-order valence-corrected chi connectivity index (χ3v) is 6.27. The molecule has 1 aliphatic rings. The van der Waals surface area contributed by atoms with Crippen molar-refractivity contribution >= 4 is 10.0 Å². The molecule has 0 aliphatic carbocycles. The van der Waals surface area contributed by atoms with Crippen LogP contribution < -0.4 is 18.9 Å². The topological polar surface area (TPSA) is 91.7 Å². The molecule has 4 rings (SSSR count). The summed E-state index contributed by atoms with van der Waals surface area (Å²) < 4.78 is 47.7. The van der Waals surface area contributed by atoms with Crippen molar-refractivity contribution in [2.75, 3.05) is 20.3 Å². The molecule has 3 aromatic rings. The zero-order valence-corrected chi connectivity index (χ0v) is 17.6. The molecule has 0 unspecified atom stereocenters. The molecule has 0 radical (unpaired) electrons. The zero-order chi connectivity index (χ0) is 21.1. The average Bonchev–Trinajstić information content (AvgIpc) is 3.03. The minimum atomic E-state index is -3.90. The Bertz CT molecular complexity index is 1140. The first-order valence-corrected chi connectivity index (χ1v) is 11.0. The Morgan fingerprint density at radius 1 is 1.13 bits per heavy atom. The number of nitrogens with one attached hydrogen (secondary N) is 1. The summed E-state index contributed by atoms with van der Waals surface area (Å²) in [5, 5.41) is 0. The largest absolute Gasteiger partial charge is 0.497 e.